The number of hydrogen-bond acceptors (Lipinski definition) is 15. The number of pyridine rings is 4. The van der Waals surface area contributed by atoms with Gasteiger partial charge >= 0.3 is 0 Å². The second kappa shape index (κ2) is 33.4. The van der Waals surface area contributed by atoms with Crippen LogP contribution < -0.4 is 37.2 Å². The van der Waals surface area contributed by atoms with E-state index in [2.05, 4.69) is 325 Å². The van der Waals surface area contributed by atoms with Crippen LogP contribution in [0.25, 0.3) is 0 Å². The van der Waals surface area contributed by atoms with E-state index in [1.807, 2.05) is 60.8 Å². The van der Waals surface area contributed by atoms with Crippen molar-refractivity contribution in [1.29, 1.82) is 0 Å². The van der Waals surface area contributed by atoms with Gasteiger partial charge in [0.1, 0.15) is 35.1 Å². The number of para-hydroxylation sites is 1. The Morgan fingerprint density at radius 2 is 0.521 bits per heavy atom. The first-order chi connectivity index (χ1) is 54.7. The van der Waals surface area contributed by atoms with Crippen LogP contribution in [0.3, 0.4) is 0 Å². The maximum Gasteiger partial charge on any atom is 0.237 e. The highest BCUT2D eigenvalue weighted by atomic mass is 16.2. The van der Waals surface area contributed by atoms with Crippen LogP contribution in [0.1, 0.15) is 282 Å². The molecule has 7 N–H and O–H groups in total. The molecule has 0 aliphatic carbocycles. The van der Waals surface area contributed by atoms with Crippen LogP contribution in [0.5, 0.6) is 0 Å². The molecular formula is C97H139N15O7. The molecule has 7 atom stereocenters. The summed E-state index contributed by atoms with van der Waals surface area (Å²) in [6, 6.07) is 19.6. The summed E-state index contributed by atoms with van der Waals surface area (Å²) in [7, 11) is 0. The Hall–Kier alpha value is -9.73. The lowest BCUT2D eigenvalue weighted by molar-refractivity contribution is -0.128. The molecule has 0 spiro atoms. The first-order valence-corrected chi connectivity index (χ1v) is 42.4. The van der Waals surface area contributed by atoms with E-state index in [-0.39, 0.29) is 121 Å². The second-order valence-electron chi connectivity index (χ2n) is 42.4. The van der Waals surface area contributed by atoms with Crippen LogP contribution in [0.4, 0.5) is 40.1 Å². The number of aromatic nitrogens is 8. The van der Waals surface area contributed by atoms with Gasteiger partial charge in [0.25, 0.3) is 0 Å². The van der Waals surface area contributed by atoms with Crippen molar-refractivity contribution < 1.29 is 33.6 Å². The molecule has 22 heteroatoms. The number of carbonyl (C=O) groups is 7. The van der Waals surface area contributed by atoms with Crippen LogP contribution >= 0.6 is 0 Å². The Balaban J connectivity index is 0.000000173. The highest BCUT2D eigenvalue weighted by Gasteiger charge is 2.64. The van der Waals surface area contributed by atoms with E-state index in [1.165, 1.54) is 12.7 Å². The van der Waals surface area contributed by atoms with E-state index in [9.17, 15) is 33.6 Å². The normalized spacial score (nSPS) is 23.8. The summed E-state index contributed by atoms with van der Waals surface area (Å²) < 4.78 is 0. The van der Waals surface area contributed by atoms with E-state index in [1.54, 1.807) is 43.4 Å². The van der Waals surface area contributed by atoms with Gasteiger partial charge in [0.05, 0.1) is 67.9 Å². The van der Waals surface area contributed by atoms with E-state index in [0.29, 0.717) is 5.82 Å². The number of hydrogen-bond donors (Lipinski definition) is 7. The Morgan fingerprint density at radius 3 is 0.983 bits per heavy atom. The smallest absolute Gasteiger partial charge is 0.237 e. The van der Waals surface area contributed by atoms with Crippen molar-refractivity contribution in [1.82, 2.24) is 39.9 Å². The third-order valence-electron chi connectivity index (χ3n) is 27.0. The van der Waals surface area contributed by atoms with Gasteiger partial charge in [-0.05, 0) is 127 Å². The van der Waals surface area contributed by atoms with Gasteiger partial charge in [0, 0.05) is 65.2 Å². The van der Waals surface area contributed by atoms with Gasteiger partial charge < -0.3 is 37.2 Å². The van der Waals surface area contributed by atoms with E-state index < -0.39 is 37.9 Å². The van der Waals surface area contributed by atoms with E-state index in [4.69, 9.17) is 0 Å². The fraction of sp³-hybridized carbons (Fsp3) is 0.577. The number of nitrogens with one attached hydrogen (secondary N) is 7. The molecule has 119 heavy (non-hydrogen) atoms. The maximum absolute atomic E-state index is 12.5. The van der Waals surface area contributed by atoms with Gasteiger partial charge in [-0.3, -0.25) is 48.5 Å². The molecular weight excluding hydrogens is 1490 g/mol. The van der Waals surface area contributed by atoms with Crippen molar-refractivity contribution in [3.05, 3.63) is 162 Å². The molecule has 7 aliphatic rings. The third-order valence-corrected chi connectivity index (χ3v) is 27.0. The third kappa shape index (κ3) is 15.1. The summed E-state index contributed by atoms with van der Waals surface area (Å²) in [5.74, 6) is 3.50. The minimum atomic E-state index is -0.578. The highest BCUT2D eigenvalue weighted by Crippen LogP contribution is 2.60. The molecule has 22 nitrogen and oxygen atoms in total. The van der Waals surface area contributed by atoms with Gasteiger partial charge in [0.15, 0.2) is 0 Å². The van der Waals surface area contributed by atoms with Crippen LogP contribution in [0, 0.1) is 79.3 Å². The number of rotatable bonds is 7. The first-order valence-electron chi connectivity index (χ1n) is 42.4. The largest absolute Gasteiger partial charge is 0.325 e. The van der Waals surface area contributed by atoms with E-state index >= 15 is 0 Å². The molecule has 0 saturated carbocycles. The van der Waals surface area contributed by atoms with E-state index in [0.717, 1.165) is 73.5 Å². The summed E-state index contributed by atoms with van der Waals surface area (Å²) in [5, 5.41) is 20.7. The Labute approximate surface area is 709 Å². The Morgan fingerprint density at radius 1 is 0.235 bits per heavy atom. The highest BCUT2D eigenvalue weighted by molar-refractivity contribution is 6.11. The standard InChI is InChI=1S/C15H21NO.4C14H20N2O.2C13H19N3O/c1-10(2)15(14(3,4)5)11-8-6-7-9-12(11)16-13(15)17;1-9(2)14(13(3,4)5)10-8-15-7-6-11(10)16-12(14)17;1-9(2)14(13(3,4)5)10-6-7-15-8-11(10)16-12(14)17;1-9(2)14(13(3,4)5)11-10(16-12(14)17)7-6-8-15-11;1-9(2)14(13(3,4)5)10-7-6-8-15-11(10)16-12(14)17;1-8(2)13(12(3,4)5)10-9(16-11(13)17)6-14-7-15-10;1-8(2)13(12(3,4)5)9-6-14-7-15-10(9)16-11(13)17/h6-10H,1-5H3,(H,16,17);3*6-9H,1-5H3,(H,16,17);6-9H,1-5H3,(H,15,16,17);6-8H,1-5H3,(H,16,17);6-8H,1-5H3,(H,14,15,16,17). The SMILES string of the molecule is CC(C)C1(C(C)(C)C)C(=O)Nc2ccccc21.CC(C)C1(C(C)(C)C)C(=O)Nc2cccnc21.CC(C)C1(C(C)(C)C)C(=O)Nc2ccncc21.CC(C)C1(C(C)(C)C)C(=O)Nc2cnccc21.CC(C)C1(C(C)(C)C)C(=O)Nc2cncnc21.CC(C)C1(C(C)(C)C)C(=O)Nc2ncccc21.CC(C)C1(C(C)(C)C)C(=O)Nc2ncncc21. The molecule has 7 aliphatic heterocycles. The molecule has 0 radical (unpaired) electrons. The lowest BCUT2D eigenvalue weighted by Crippen LogP contribution is -2.50. The molecule has 7 aromatic rings. The average Bonchev–Trinajstić information content (AvgIpc) is 1.65. The summed E-state index contributed by atoms with van der Waals surface area (Å²) in [4.78, 5) is 121. The van der Waals surface area contributed by atoms with Crippen LogP contribution in [-0.4, -0.2) is 81.2 Å². The lowest BCUT2D eigenvalue weighted by atomic mass is 9.57. The fourth-order valence-corrected chi connectivity index (χ4v) is 23.1. The predicted octanol–water partition coefficient (Wildman–Crippen LogP) is 20.2. The van der Waals surface area contributed by atoms with Gasteiger partial charge in [-0.1, -0.05) is 267 Å². The van der Waals surface area contributed by atoms with Gasteiger partial charge in [-0.2, -0.15) is 0 Å². The topological polar surface area (TPSA) is 307 Å². The molecule has 0 fully saturated rings. The van der Waals surface area contributed by atoms with Crippen molar-refractivity contribution in [2.24, 2.45) is 79.3 Å². The quantitative estimate of drug-likeness (QED) is 0.0780. The molecule has 0 bridgehead atoms. The lowest BCUT2D eigenvalue weighted by Gasteiger charge is -2.43. The van der Waals surface area contributed by atoms with Crippen LogP contribution in [-0.2, 0) is 71.5 Å². The summed E-state index contributed by atoms with van der Waals surface area (Å²) >= 11 is 0. The average molecular weight is 1630 g/mol. The van der Waals surface area contributed by atoms with Crippen LogP contribution in [0.2, 0.25) is 0 Å². The summed E-state index contributed by atoms with van der Waals surface area (Å²) in [6.07, 6.45) is 17.0. The van der Waals surface area contributed by atoms with Crippen molar-refractivity contribution in [3.63, 3.8) is 0 Å². The zero-order valence-electron chi connectivity index (χ0n) is 78.0. The van der Waals surface area contributed by atoms with Crippen LogP contribution in [0.15, 0.2) is 123 Å². The van der Waals surface area contributed by atoms with Gasteiger partial charge in [-0.25, -0.2) is 24.9 Å². The van der Waals surface area contributed by atoms with Crippen molar-refractivity contribution in [2.45, 2.75) is 280 Å². The molecule has 6 aromatic heterocycles. The van der Waals surface area contributed by atoms with Crippen molar-refractivity contribution in [2.75, 3.05) is 37.2 Å². The van der Waals surface area contributed by atoms with Gasteiger partial charge in [-0.15, -0.1) is 0 Å². The summed E-state index contributed by atoms with van der Waals surface area (Å²) in [6.45, 7) is 73.8. The Kier molecular flexibility index (Phi) is 26.6. The maximum atomic E-state index is 12.5. The number of amides is 7. The van der Waals surface area contributed by atoms with Crippen molar-refractivity contribution >= 4 is 81.4 Å². The molecule has 14 rings (SSSR count). The summed E-state index contributed by atoms with van der Waals surface area (Å²) in [5.41, 5.74) is 6.73. The molecule has 644 valence electrons. The minimum absolute atomic E-state index is 0.0375. The number of fused-ring (bicyclic) bond motifs is 7. The molecule has 7 amide bonds. The zero-order chi connectivity index (χ0) is 89.9. The number of benzene rings is 1. The predicted molar refractivity (Wildman–Crippen MR) is 480 cm³/mol. The fourth-order valence-electron chi connectivity index (χ4n) is 23.1. The monoisotopic (exact) mass is 1630 g/mol. The number of carbonyl (C=O) groups excluding carboxylic acids is 7. The molecule has 0 saturated heterocycles. The number of nitrogens with zero attached hydrogens (tertiary/aromatic N) is 8. The minimum Gasteiger partial charge on any atom is -0.325 e. The zero-order valence-corrected chi connectivity index (χ0v) is 78.0. The Bertz CT molecular complexity index is 4080. The first kappa shape index (κ1) is 94.8. The second-order valence-corrected chi connectivity index (χ2v) is 42.4. The van der Waals surface area contributed by atoms with Crippen molar-refractivity contribution in [3.8, 4) is 0 Å². The molecule has 13 heterocycles. The molecule has 7 unspecified atom stereocenters. The van der Waals surface area contributed by atoms with Gasteiger partial charge in [0.2, 0.25) is 41.4 Å². The number of anilines is 7. The molecule has 1 aromatic carbocycles.